The minimum atomic E-state index is -4.85. The zero-order chi connectivity index (χ0) is 19.2. The number of aliphatic imine (C=N–C) groups is 1. The Kier molecular flexibility index (Phi) is 4.83. The highest BCUT2D eigenvalue weighted by molar-refractivity contribution is 5.95. The van der Waals surface area contributed by atoms with Crippen molar-refractivity contribution < 1.29 is 26.3 Å². The van der Waals surface area contributed by atoms with Crippen molar-refractivity contribution >= 4 is 11.4 Å². The summed E-state index contributed by atoms with van der Waals surface area (Å²) in [6.45, 7) is 0. The molecule has 8 heteroatoms. The molecule has 1 aliphatic heterocycles. The van der Waals surface area contributed by atoms with E-state index in [9.17, 15) is 26.3 Å². The summed E-state index contributed by atoms with van der Waals surface area (Å²) in [6, 6.07) is 0.927. The highest BCUT2D eigenvalue weighted by Gasteiger charge is 2.41. The van der Waals surface area contributed by atoms with E-state index in [1.165, 1.54) is 0 Å². The molecule has 1 aromatic rings. The van der Waals surface area contributed by atoms with E-state index in [2.05, 4.69) is 10.3 Å². The van der Waals surface area contributed by atoms with Gasteiger partial charge in [0.1, 0.15) is 0 Å². The largest absolute Gasteiger partial charge is 0.416 e. The molecule has 1 aliphatic carbocycles. The molecule has 3 rings (SSSR count). The summed E-state index contributed by atoms with van der Waals surface area (Å²) in [5.41, 5.74) is -2.62. The van der Waals surface area contributed by atoms with Crippen LogP contribution in [0.15, 0.2) is 17.1 Å². The number of nitrogens with zero attached hydrogens (tertiary/aromatic N) is 1. The lowest BCUT2D eigenvalue weighted by molar-refractivity contribution is -0.143. The number of rotatable bonds is 3. The summed E-state index contributed by atoms with van der Waals surface area (Å²) in [4.78, 5) is 4.16. The summed E-state index contributed by atoms with van der Waals surface area (Å²) in [5.74, 6) is 0. The summed E-state index contributed by atoms with van der Waals surface area (Å²) < 4.78 is 78.9. The lowest BCUT2D eigenvalue weighted by Gasteiger charge is -2.37. The molecule has 0 saturated heterocycles. The van der Waals surface area contributed by atoms with E-state index in [-0.39, 0.29) is 29.3 Å². The van der Waals surface area contributed by atoms with Gasteiger partial charge >= 0.3 is 12.4 Å². The van der Waals surface area contributed by atoms with Crippen molar-refractivity contribution in [3.63, 3.8) is 0 Å². The maximum Gasteiger partial charge on any atom is 0.416 e. The maximum absolute atomic E-state index is 13.3. The average molecular weight is 378 g/mol. The van der Waals surface area contributed by atoms with E-state index in [1.54, 1.807) is 0 Å². The van der Waals surface area contributed by atoms with Crippen molar-refractivity contribution in [1.82, 2.24) is 5.32 Å². The molecule has 0 aromatic heterocycles. The van der Waals surface area contributed by atoms with Gasteiger partial charge in [0.15, 0.2) is 0 Å². The SMILES string of the molecule is CNC1(CC2=Nc3cc(C(F)(F)F)cc(C(F)(F)F)c3C2)CCCCC1. The van der Waals surface area contributed by atoms with Gasteiger partial charge in [-0.2, -0.15) is 26.3 Å². The van der Waals surface area contributed by atoms with Gasteiger partial charge in [0.05, 0.1) is 16.8 Å². The Morgan fingerprint density at radius 2 is 1.65 bits per heavy atom. The van der Waals surface area contributed by atoms with E-state index in [0.29, 0.717) is 12.1 Å². The van der Waals surface area contributed by atoms with Crippen LogP contribution in [-0.2, 0) is 18.8 Å². The van der Waals surface area contributed by atoms with Crippen molar-refractivity contribution in [2.45, 2.75) is 62.8 Å². The van der Waals surface area contributed by atoms with Crippen molar-refractivity contribution in [3.8, 4) is 0 Å². The number of nitrogens with one attached hydrogen (secondary N) is 1. The molecule has 144 valence electrons. The topological polar surface area (TPSA) is 24.4 Å². The monoisotopic (exact) mass is 378 g/mol. The zero-order valence-corrected chi connectivity index (χ0v) is 14.3. The number of fused-ring (bicyclic) bond motifs is 1. The van der Waals surface area contributed by atoms with Crippen molar-refractivity contribution in [2.75, 3.05) is 7.05 Å². The molecule has 0 spiro atoms. The van der Waals surface area contributed by atoms with E-state index in [1.807, 2.05) is 7.05 Å². The van der Waals surface area contributed by atoms with E-state index in [0.717, 1.165) is 38.2 Å². The molecule has 1 aromatic carbocycles. The first-order valence-electron chi connectivity index (χ1n) is 8.61. The summed E-state index contributed by atoms with van der Waals surface area (Å²) in [5, 5.41) is 3.27. The Morgan fingerprint density at radius 3 is 2.19 bits per heavy atom. The molecule has 1 fully saturated rings. The number of hydrogen-bond donors (Lipinski definition) is 1. The quantitative estimate of drug-likeness (QED) is 0.674. The third-order valence-electron chi connectivity index (χ3n) is 5.40. The lowest BCUT2D eigenvalue weighted by Crippen LogP contribution is -2.46. The summed E-state index contributed by atoms with van der Waals surface area (Å²) in [7, 11) is 1.82. The Labute approximate surface area is 147 Å². The molecule has 0 atom stereocenters. The van der Waals surface area contributed by atoms with Crippen molar-refractivity contribution in [3.05, 3.63) is 28.8 Å². The first-order valence-corrected chi connectivity index (χ1v) is 8.61. The minimum absolute atomic E-state index is 0.0499. The second-order valence-corrected chi connectivity index (χ2v) is 7.14. The Balaban J connectivity index is 1.95. The van der Waals surface area contributed by atoms with Gasteiger partial charge < -0.3 is 5.32 Å². The van der Waals surface area contributed by atoms with Gasteiger partial charge in [0.25, 0.3) is 0 Å². The van der Waals surface area contributed by atoms with Gasteiger partial charge in [0.2, 0.25) is 0 Å². The van der Waals surface area contributed by atoms with Gasteiger partial charge in [0, 0.05) is 24.1 Å². The predicted molar refractivity (Wildman–Crippen MR) is 86.7 cm³/mol. The number of halogens is 6. The number of benzene rings is 1. The molecule has 0 bridgehead atoms. The first kappa shape index (κ1) is 19.2. The van der Waals surface area contributed by atoms with Crippen molar-refractivity contribution in [2.24, 2.45) is 4.99 Å². The smallest absolute Gasteiger partial charge is 0.314 e. The summed E-state index contributed by atoms with van der Waals surface area (Å²) in [6.07, 6.45) is -4.35. The molecule has 0 unspecified atom stereocenters. The molecule has 2 aliphatic rings. The molecule has 0 radical (unpaired) electrons. The van der Waals surface area contributed by atoms with Gasteiger partial charge in [-0.05, 0) is 37.6 Å². The molecule has 1 heterocycles. The second kappa shape index (κ2) is 6.55. The summed E-state index contributed by atoms with van der Waals surface area (Å²) >= 11 is 0. The molecular weight excluding hydrogens is 358 g/mol. The van der Waals surface area contributed by atoms with Gasteiger partial charge in [-0.1, -0.05) is 19.3 Å². The Morgan fingerprint density at radius 1 is 1.00 bits per heavy atom. The second-order valence-electron chi connectivity index (χ2n) is 7.14. The van der Waals surface area contributed by atoms with E-state index >= 15 is 0 Å². The van der Waals surface area contributed by atoms with Crippen LogP contribution in [-0.4, -0.2) is 18.3 Å². The van der Waals surface area contributed by atoms with E-state index in [4.69, 9.17) is 0 Å². The fourth-order valence-electron chi connectivity index (χ4n) is 4.01. The van der Waals surface area contributed by atoms with Crippen LogP contribution < -0.4 is 5.32 Å². The third-order valence-corrected chi connectivity index (χ3v) is 5.40. The highest BCUT2D eigenvalue weighted by Crippen LogP contribution is 2.44. The fourth-order valence-corrected chi connectivity index (χ4v) is 4.01. The van der Waals surface area contributed by atoms with E-state index < -0.39 is 23.5 Å². The normalized spacial score (nSPS) is 20.0. The minimum Gasteiger partial charge on any atom is -0.314 e. The van der Waals surface area contributed by atoms with Crippen LogP contribution in [0.1, 0.15) is 55.2 Å². The number of alkyl halides is 6. The predicted octanol–water partition coefficient (Wildman–Crippen LogP) is 5.67. The van der Waals surface area contributed by atoms with Crippen LogP contribution in [0.5, 0.6) is 0 Å². The Hall–Kier alpha value is -1.57. The standard InChI is InChI=1S/C18H20F6N2/c1-25-16(5-3-2-4-6-16)10-12-9-13-14(18(22,23)24)7-11(17(19,20)21)8-15(13)26-12/h7-8,25H,2-6,9-10H2,1H3. The number of hydrogen-bond acceptors (Lipinski definition) is 2. The first-order chi connectivity index (χ1) is 12.0. The Bertz CT molecular complexity index is 712. The van der Waals surface area contributed by atoms with Gasteiger partial charge in [-0.15, -0.1) is 0 Å². The van der Waals surface area contributed by atoms with Crippen LogP contribution in [0.2, 0.25) is 0 Å². The zero-order valence-electron chi connectivity index (χ0n) is 14.3. The molecule has 26 heavy (non-hydrogen) atoms. The van der Waals surface area contributed by atoms with Crippen LogP contribution in [0.25, 0.3) is 0 Å². The van der Waals surface area contributed by atoms with Gasteiger partial charge in [-0.25, -0.2) is 0 Å². The van der Waals surface area contributed by atoms with Crippen molar-refractivity contribution in [1.29, 1.82) is 0 Å². The van der Waals surface area contributed by atoms with Crippen LogP contribution >= 0.6 is 0 Å². The lowest BCUT2D eigenvalue weighted by atomic mass is 9.77. The van der Waals surface area contributed by atoms with Gasteiger partial charge in [-0.3, -0.25) is 4.99 Å². The molecule has 2 nitrogen and oxygen atoms in total. The van der Waals surface area contributed by atoms with Crippen LogP contribution in [0, 0.1) is 0 Å². The third kappa shape index (κ3) is 3.75. The molecule has 1 N–H and O–H groups in total. The average Bonchev–Trinajstić information content (AvgIpc) is 2.94. The highest BCUT2D eigenvalue weighted by atomic mass is 19.4. The molecule has 1 saturated carbocycles. The molecule has 0 amide bonds. The maximum atomic E-state index is 13.3. The van der Waals surface area contributed by atoms with Crippen LogP contribution in [0.3, 0.4) is 0 Å². The molecular formula is C18H20F6N2. The van der Waals surface area contributed by atoms with Crippen LogP contribution in [0.4, 0.5) is 32.0 Å². The fraction of sp³-hybridized carbons (Fsp3) is 0.611.